The molecule has 2 atom stereocenters. The molecule has 106 valence electrons. The average Bonchev–Trinajstić information content (AvgIpc) is 2.39. The summed E-state index contributed by atoms with van der Waals surface area (Å²) in [4.78, 5) is 11.1. The van der Waals surface area contributed by atoms with E-state index in [0.29, 0.717) is 13.0 Å². The van der Waals surface area contributed by atoms with E-state index in [2.05, 4.69) is 5.32 Å². The summed E-state index contributed by atoms with van der Waals surface area (Å²) < 4.78 is 0. The first-order valence-corrected chi connectivity index (χ1v) is 7.77. The molecule has 0 aliphatic heterocycles. The largest absolute Gasteiger partial charge is 0.480 e. The molecule has 0 bridgehead atoms. The van der Waals surface area contributed by atoms with Gasteiger partial charge in [0.15, 0.2) is 0 Å². The van der Waals surface area contributed by atoms with Crippen LogP contribution in [0.15, 0.2) is 30.3 Å². The van der Waals surface area contributed by atoms with E-state index in [1.54, 1.807) is 11.8 Å². The van der Waals surface area contributed by atoms with E-state index in [4.69, 9.17) is 10.8 Å². The van der Waals surface area contributed by atoms with Crippen molar-refractivity contribution >= 4 is 17.7 Å². The van der Waals surface area contributed by atoms with E-state index in [1.807, 2.05) is 36.6 Å². The van der Waals surface area contributed by atoms with Crippen molar-refractivity contribution in [3.05, 3.63) is 35.9 Å². The summed E-state index contributed by atoms with van der Waals surface area (Å²) in [5, 5.41) is 12.1. The first kappa shape index (κ1) is 16.0. The summed E-state index contributed by atoms with van der Waals surface area (Å²) in [6.07, 6.45) is 3.34. The molecule has 1 aromatic rings. The zero-order valence-electron chi connectivity index (χ0n) is 11.2. The first-order valence-electron chi connectivity index (χ1n) is 6.38. The van der Waals surface area contributed by atoms with Crippen LogP contribution >= 0.6 is 11.8 Å². The summed E-state index contributed by atoms with van der Waals surface area (Å²) in [5.41, 5.74) is 7.20. The maximum Gasteiger partial charge on any atom is 0.320 e. The van der Waals surface area contributed by atoms with Crippen LogP contribution in [0, 0.1) is 0 Å². The fourth-order valence-corrected chi connectivity index (χ4v) is 2.30. The van der Waals surface area contributed by atoms with Gasteiger partial charge in [-0.15, -0.1) is 0 Å². The molecule has 4 N–H and O–H groups in total. The number of aliphatic carboxylic acids is 1. The number of carboxylic acids is 1. The van der Waals surface area contributed by atoms with Crippen molar-refractivity contribution in [3.63, 3.8) is 0 Å². The fraction of sp³-hybridized carbons (Fsp3) is 0.500. The molecule has 0 heterocycles. The van der Waals surface area contributed by atoms with E-state index >= 15 is 0 Å². The van der Waals surface area contributed by atoms with Crippen molar-refractivity contribution in [2.75, 3.05) is 18.6 Å². The quantitative estimate of drug-likeness (QED) is 0.637. The Labute approximate surface area is 118 Å². The van der Waals surface area contributed by atoms with Gasteiger partial charge in [-0.05, 0) is 30.4 Å². The highest BCUT2D eigenvalue weighted by Gasteiger charge is 2.17. The fourth-order valence-electron chi connectivity index (χ4n) is 1.83. The van der Waals surface area contributed by atoms with Gasteiger partial charge >= 0.3 is 5.97 Å². The molecule has 4 nitrogen and oxygen atoms in total. The molecule has 1 rings (SSSR count). The predicted octanol–water partition coefficient (Wildman–Crippen LogP) is 1.35. The third-order valence-corrected chi connectivity index (χ3v) is 3.52. The average molecular weight is 282 g/mol. The Hall–Kier alpha value is -1.04. The predicted molar refractivity (Wildman–Crippen MR) is 80.5 cm³/mol. The van der Waals surface area contributed by atoms with Crippen LogP contribution in [0.2, 0.25) is 0 Å². The molecular formula is C14H22N2O2S. The smallest absolute Gasteiger partial charge is 0.320 e. The van der Waals surface area contributed by atoms with Crippen molar-refractivity contribution < 1.29 is 9.90 Å². The standard InChI is InChI=1S/C14H22N2O2S/c1-19-8-7-13(14(17)18)16-10-12(15)9-11-5-3-2-4-6-11/h2-6,12-13,16H,7-10,15H2,1H3,(H,17,18)/t12-,13-/m0/s1. The summed E-state index contributed by atoms with van der Waals surface area (Å²) in [6, 6.07) is 9.41. The summed E-state index contributed by atoms with van der Waals surface area (Å²) >= 11 is 1.65. The Morgan fingerprint density at radius 1 is 1.42 bits per heavy atom. The van der Waals surface area contributed by atoms with Crippen molar-refractivity contribution in [2.45, 2.75) is 24.9 Å². The lowest BCUT2D eigenvalue weighted by molar-refractivity contribution is -0.139. The number of carbonyl (C=O) groups is 1. The van der Waals surface area contributed by atoms with Gasteiger partial charge in [-0.25, -0.2) is 0 Å². The van der Waals surface area contributed by atoms with Crippen molar-refractivity contribution in [2.24, 2.45) is 5.73 Å². The Bertz CT molecular complexity index is 373. The Morgan fingerprint density at radius 3 is 2.68 bits per heavy atom. The number of nitrogens with one attached hydrogen (secondary N) is 1. The molecule has 0 amide bonds. The van der Waals surface area contributed by atoms with Gasteiger partial charge < -0.3 is 16.2 Å². The van der Waals surface area contributed by atoms with Gasteiger partial charge in [0.1, 0.15) is 6.04 Å². The molecule has 0 aliphatic carbocycles. The maximum atomic E-state index is 11.1. The van der Waals surface area contributed by atoms with Gasteiger partial charge in [-0.2, -0.15) is 11.8 Å². The van der Waals surface area contributed by atoms with Gasteiger partial charge in [0.25, 0.3) is 0 Å². The summed E-state index contributed by atoms with van der Waals surface area (Å²) in [7, 11) is 0. The minimum absolute atomic E-state index is 0.0708. The van der Waals surface area contributed by atoms with E-state index < -0.39 is 12.0 Å². The number of hydrogen-bond acceptors (Lipinski definition) is 4. The van der Waals surface area contributed by atoms with Crippen molar-refractivity contribution in [1.29, 1.82) is 0 Å². The van der Waals surface area contributed by atoms with Crippen molar-refractivity contribution in [1.82, 2.24) is 5.32 Å². The highest BCUT2D eigenvalue weighted by molar-refractivity contribution is 7.98. The molecule has 0 fully saturated rings. The molecule has 0 saturated carbocycles. The molecule has 0 unspecified atom stereocenters. The van der Waals surface area contributed by atoms with Crippen LogP contribution in [0.1, 0.15) is 12.0 Å². The van der Waals surface area contributed by atoms with Crippen LogP contribution in [-0.2, 0) is 11.2 Å². The molecule has 0 spiro atoms. The van der Waals surface area contributed by atoms with Gasteiger partial charge in [0, 0.05) is 12.6 Å². The SMILES string of the molecule is CSCC[C@H](NC[C@@H](N)Cc1ccccc1)C(=O)O. The Morgan fingerprint density at radius 2 is 2.11 bits per heavy atom. The van der Waals surface area contributed by atoms with E-state index in [0.717, 1.165) is 12.2 Å². The first-order chi connectivity index (χ1) is 9.13. The molecule has 0 radical (unpaired) electrons. The minimum Gasteiger partial charge on any atom is -0.480 e. The third-order valence-electron chi connectivity index (χ3n) is 2.88. The topological polar surface area (TPSA) is 75.3 Å². The van der Waals surface area contributed by atoms with E-state index in [9.17, 15) is 4.79 Å². The molecule has 19 heavy (non-hydrogen) atoms. The molecule has 0 aliphatic rings. The second-order valence-corrected chi connectivity index (χ2v) is 5.52. The minimum atomic E-state index is -0.805. The van der Waals surface area contributed by atoms with Crippen LogP contribution in [0.5, 0.6) is 0 Å². The zero-order chi connectivity index (χ0) is 14.1. The number of nitrogens with two attached hydrogens (primary N) is 1. The summed E-state index contributed by atoms with van der Waals surface area (Å²) in [6.45, 7) is 0.514. The van der Waals surface area contributed by atoms with Crippen LogP contribution < -0.4 is 11.1 Å². The van der Waals surface area contributed by atoms with Crippen LogP contribution in [0.25, 0.3) is 0 Å². The third kappa shape index (κ3) is 6.61. The monoisotopic (exact) mass is 282 g/mol. The Kier molecular flexibility index (Phi) is 7.55. The molecule has 0 aromatic heterocycles. The number of carboxylic acid groups (broad SMARTS) is 1. The summed E-state index contributed by atoms with van der Waals surface area (Å²) in [5.74, 6) is 0.0266. The van der Waals surface area contributed by atoms with E-state index in [1.165, 1.54) is 5.56 Å². The number of benzene rings is 1. The Balaban J connectivity index is 2.35. The van der Waals surface area contributed by atoms with Crippen molar-refractivity contribution in [3.8, 4) is 0 Å². The van der Waals surface area contributed by atoms with E-state index in [-0.39, 0.29) is 6.04 Å². The number of hydrogen-bond donors (Lipinski definition) is 3. The van der Waals surface area contributed by atoms with Gasteiger partial charge in [0.05, 0.1) is 0 Å². The lowest BCUT2D eigenvalue weighted by atomic mass is 10.1. The molecule has 1 aromatic carbocycles. The second kappa shape index (κ2) is 8.96. The normalized spacial score (nSPS) is 14.0. The van der Waals surface area contributed by atoms with Gasteiger partial charge in [-0.1, -0.05) is 30.3 Å². The highest BCUT2D eigenvalue weighted by Crippen LogP contribution is 2.03. The van der Waals surface area contributed by atoms with Crippen LogP contribution in [0.4, 0.5) is 0 Å². The van der Waals surface area contributed by atoms with Gasteiger partial charge in [0.2, 0.25) is 0 Å². The molecular weight excluding hydrogens is 260 g/mol. The number of rotatable bonds is 9. The second-order valence-electron chi connectivity index (χ2n) is 4.53. The van der Waals surface area contributed by atoms with Gasteiger partial charge in [-0.3, -0.25) is 4.79 Å². The number of thioether (sulfide) groups is 1. The zero-order valence-corrected chi connectivity index (χ0v) is 12.0. The maximum absolute atomic E-state index is 11.1. The van der Waals surface area contributed by atoms with Crippen LogP contribution in [-0.4, -0.2) is 41.7 Å². The molecule has 5 heteroatoms. The lowest BCUT2D eigenvalue weighted by Crippen LogP contribution is -2.44. The molecule has 0 saturated heterocycles. The highest BCUT2D eigenvalue weighted by atomic mass is 32.2. The van der Waals surface area contributed by atoms with Crippen LogP contribution in [0.3, 0.4) is 0 Å². The lowest BCUT2D eigenvalue weighted by Gasteiger charge is -2.17.